The van der Waals surface area contributed by atoms with Crippen LogP contribution in [-0.2, 0) is 28.6 Å². The number of rotatable bonds is 52. The van der Waals surface area contributed by atoms with Gasteiger partial charge in [-0.1, -0.05) is 273 Å². The molecule has 6 heteroatoms. The van der Waals surface area contributed by atoms with Gasteiger partial charge in [0.2, 0.25) is 0 Å². The fourth-order valence-electron chi connectivity index (χ4n) is 8.17. The Bertz CT molecular complexity index is 1330. The van der Waals surface area contributed by atoms with Crippen LogP contribution in [0.1, 0.15) is 278 Å². The number of esters is 3. The molecule has 0 aliphatic heterocycles. The quantitative estimate of drug-likeness (QED) is 0.0199. The molecular weight excluding hydrogens is 853 g/mol. The molecule has 1 atom stereocenters. The highest BCUT2D eigenvalue weighted by atomic mass is 16.6. The number of carbonyl (C=O) groups is 3. The first kappa shape index (κ1) is 65.6. The van der Waals surface area contributed by atoms with Gasteiger partial charge in [-0.2, -0.15) is 0 Å². The summed E-state index contributed by atoms with van der Waals surface area (Å²) in [4.78, 5) is 38.2. The van der Waals surface area contributed by atoms with Crippen molar-refractivity contribution < 1.29 is 28.6 Å². The minimum atomic E-state index is -0.794. The molecule has 0 rings (SSSR count). The number of ether oxygens (including phenoxy) is 3. The van der Waals surface area contributed by atoms with E-state index in [0.717, 1.165) is 89.9 Å². The maximum absolute atomic E-state index is 12.9. The lowest BCUT2D eigenvalue weighted by Gasteiger charge is -2.18. The van der Waals surface area contributed by atoms with E-state index in [1.54, 1.807) is 0 Å². The zero-order valence-electron chi connectivity index (χ0n) is 45.3. The zero-order chi connectivity index (χ0) is 50.0. The van der Waals surface area contributed by atoms with Crippen LogP contribution in [0.2, 0.25) is 0 Å². The summed E-state index contributed by atoms with van der Waals surface area (Å²) in [6.07, 6.45) is 74.4. The van der Waals surface area contributed by atoms with Crippen molar-refractivity contribution in [3.63, 3.8) is 0 Å². The Morgan fingerprint density at radius 3 is 1.07 bits per heavy atom. The Balaban J connectivity index is 4.38. The summed E-state index contributed by atoms with van der Waals surface area (Å²) in [6.45, 7) is 6.38. The number of allylic oxidation sites excluding steroid dienone is 14. The first-order chi connectivity index (χ1) is 34.0. The second-order valence-electron chi connectivity index (χ2n) is 19.2. The van der Waals surface area contributed by atoms with E-state index in [0.29, 0.717) is 19.3 Å². The smallest absolute Gasteiger partial charge is 0.306 e. The molecule has 0 amide bonds. The van der Waals surface area contributed by atoms with Gasteiger partial charge in [-0.05, 0) is 70.6 Å². The van der Waals surface area contributed by atoms with Gasteiger partial charge in [0.25, 0.3) is 0 Å². The Labute approximate surface area is 426 Å². The lowest BCUT2D eigenvalue weighted by atomic mass is 10.0. The number of hydrogen-bond donors (Lipinski definition) is 0. The van der Waals surface area contributed by atoms with Crippen molar-refractivity contribution in [2.75, 3.05) is 13.2 Å². The summed E-state index contributed by atoms with van der Waals surface area (Å²) in [5.41, 5.74) is 0. The van der Waals surface area contributed by atoms with Crippen LogP contribution in [0.3, 0.4) is 0 Å². The fraction of sp³-hybridized carbons (Fsp3) is 0.730. The van der Waals surface area contributed by atoms with Gasteiger partial charge in [-0.15, -0.1) is 0 Å². The molecule has 0 radical (unpaired) electrons. The minimum absolute atomic E-state index is 0.0904. The van der Waals surface area contributed by atoms with Gasteiger partial charge in [0.15, 0.2) is 6.10 Å². The highest BCUT2D eigenvalue weighted by molar-refractivity contribution is 5.71. The van der Waals surface area contributed by atoms with Crippen LogP contribution in [-0.4, -0.2) is 37.2 Å². The summed E-state index contributed by atoms with van der Waals surface area (Å²) in [6, 6.07) is 0. The predicted octanol–water partition coefficient (Wildman–Crippen LogP) is 19.5. The molecule has 0 aromatic carbocycles. The maximum atomic E-state index is 12.9. The van der Waals surface area contributed by atoms with Crippen molar-refractivity contribution in [3.05, 3.63) is 85.1 Å². The second kappa shape index (κ2) is 57.2. The first-order valence-electron chi connectivity index (χ1n) is 29.1. The third kappa shape index (κ3) is 55.4. The fourth-order valence-corrected chi connectivity index (χ4v) is 8.17. The molecule has 69 heavy (non-hydrogen) atoms. The molecule has 1 unspecified atom stereocenters. The van der Waals surface area contributed by atoms with Crippen LogP contribution >= 0.6 is 0 Å². The Hall–Kier alpha value is -3.41. The third-order valence-corrected chi connectivity index (χ3v) is 12.5. The second-order valence-corrected chi connectivity index (χ2v) is 19.2. The van der Waals surface area contributed by atoms with E-state index in [1.165, 1.54) is 148 Å². The molecule has 0 N–H and O–H groups in total. The summed E-state index contributed by atoms with van der Waals surface area (Å²) in [5.74, 6) is -0.927. The van der Waals surface area contributed by atoms with E-state index in [4.69, 9.17) is 14.2 Å². The van der Waals surface area contributed by atoms with Crippen LogP contribution in [0, 0.1) is 0 Å². The molecular formula is C63H108O6. The number of hydrogen-bond acceptors (Lipinski definition) is 6. The zero-order valence-corrected chi connectivity index (χ0v) is 45.3. The van der Waals surface area contributed by atoms with Gasteiger partial charge in [0, 0.05) is 19.3 Å². The predicted molar refractivity (Wildman–Crippen MR) is 297 cm³/mol. The van der Waals surface area contributed by atoms with Crippen molar-refractivity contribution in [1.82, 2.24) is 0 Å². The molecule has 396 valence electrons. The Kier molecular flexibility index (Phi) is 54.3. The molecule has 0 heterocycles. The molecule has 0 aromatic rings. The van der Waals surface area contributed by atoms with E-state index in [9.17, 15) is 14.4 Å². The summed E-state index contributed by atoms with van der Waals surface area (Å²) >= 11 is 0. The number of unbranched alkanes of at least 4 members (excludes halogenated alkanes) is 30. The van der Waals surface area contributed by atoms with Gasteiger partial charge in [-0.25, -0.2) is 0 Å². The molecule has 6 nitrogen and oxygen atoms in total. The lowest BCUT2D eigenvalue weighted by molar-refractivity contribution is -0.167. The lowest BCUT2D eigenvalue weighted by Crippen LogP contribution is -2.30. The van der Waals surface area contributed by atoms with Crippen LogP contribution in [0.5, 0.6) is 0 Å². The van der Waals surface area contributed by atoms with E-state index < -0.39 is 6.10 Å². The molecule has 0 aliphatic rings. The minimum Gasteiger partial charge on any atom is -0.462 e. The topological polar surface area (TPSA) is 78.9 Å². The molecule has 0 saturated carbocycles. The van der Waals surface area contributed by atoms with E-state index in [-0.39, 0.29) is 31.1 Å². The Morgan fingerprint density at radius 1 is 0.319 bits per heavy atom. The monoisotopic (exact) mass is 961 g/mol. The maximum Gasteiger partial charge on any atom is 0.306 e. The van der Waals surface area contributed by atoms with Crippen LogP contribution in [0.15, 0.2) is 85.1 Å². The standard InChI is InChI=1S/C63H108O6/c1-4-7-10-13-16-19-22-25-27-29-31-33-35-38-41-44-47-50-53-56-62(65)68-59-60(58-67-61(64)55-52-49-46-43-40-37-24-21-18-15-12-9-6-3)69-63(66)57-54-51-48-45-42-39-36-34-32-30-28-26-23-20-17-14-11-8-5-2/h7,9-10,12,15-16,18-19,21,24-25,27,37,40,60H,4-6,8,11,13-14,17,20,22-23,26,28-36,38-39,41-59H2,1-3H3/b10-7-,12-9-,18-15-,19-16-,24-21-,27-25-,40-37-. The molecule has 0 aliphatic carbocycles. The highest BCUT2D eigenvalue weighted by Crippen LogP contribution is 2.16. The highest BCUT2D eigenvalue weighted by Gasteiger charge is 2.19. The molecule has 0 bridgehead atoms. The van der Waals surface area contributed by atoms with E-state index in [2.05, 4.69) is 75.5 Å². The Morgan fingerprint density at radius 2 is 0.638 bits per heavy atom. The molecule has 0 fully saturated rings. The SMILES string of the molecule is CC\C=C/C=C\C=C/C=C\CCCCCC(=O)OCC(COC(=O)CCCCCCCCCCC/C=C\C/C=C\C/C=C\CC)OC(=O)CCCCCCCCCCCCCCCCCCCCC. The first-order valence-corrected chi connectivity index (χ1v) is 29.1. The van der Waals surface area contributed by atoms with Crippen molar-refractivity contribution >= 4 is 17.9 Å². The summed E-state index contributed by atoms with van der Waals surface area (Å²) in [5, 5.41) is 0. The summed E-state index contributed by atoms with van der Waals surface area (Å²) in [7, 11) is 0. The van der Waals surface area contributed by atoms with Crippen molar-refractivity contribution in [3.8, 4) is 0 Å². The van der Waals surface area contributed by atoms with Gasteiger partial charge in [-0.3, -0.25) is 14.4 Å². The van der Waals surface area contributed by atoms with Crippen molar-refractivity contribution in [2.24, 2.45) is 0 Å². The van der Waals surface area contributed by atoms with Gasteiger partial charge in [0.05, 0.1) is 0 Å². The number of carbonyl (C=O) groups excluding carboxylic acids is 3. The van der Waals surface area contributed by atoms with Crippen LogP contribution < -0.4 is 0 Å². The largest absolute Gasteiger partial charge is 0.462 e. The average Bonchev–Trinajstić information content (AvgIpc) is 3.35. The normalized spacial score (nSPS) is 12.7. The van der Waals surface area contributed by atoms with Gasteiger partial charge >= 0.3 is 17.9 Å². The third-order valence-electron chi connectivity index (χ3n) is 12.5. The molecule has 0 saturated heterocycles. The van der Waals surface area contributed by atoms with E-state index >= 15 is 0 Å². The average molecular weight is 962 g/mol. The molecule has 0 spiro atoms. The van der Waals surface area contributed by atoms with E-state index in [1.807, 2.05) is 30.4 Å². The molecule has 0 aromatic heterocycles. The van der Waals surface area contributed by atoms with Crippen LogP contribution in [0.4, 0.5) is 0 Å². The van der Waals surface area contributed by atoms with Gasteiger partial charge < -0.3 is 14.2 Å². The summed E-state index contributed by atoms with van der Waals surface area (Å²) < 4.78 is 16.8. The van der Waals surface area contributed by atoms with Crippen LogP contribution in [0.25, 0.3) is 0 Å². The van der Waals surface area contributed by atoms with Crippen molar-refractivity contribution in [1.29, 1.82) is 0 Å². The van der Waals surface area contributed by atoms with Crippen molar-refractivity contribution in [2.45, 2.75) is 284 Å². The van der Waals surface area contributed by atoms with Gasteiger partial charge in [0.1, 0.15) is 13.2 Å².